The number of methoxy groups -OCH3 is 1. The number of rotatable bonds is 6. The highest BCUT2D eigenvalue weighted by Gasteiger charge is 2.26. The van der Waals surface area contributed by atoms with Gasteiger partial charge in [-0.05, 0) is 62.4 Å². The van der Waals surface area contributed by atoms with Crippen LogP contribution in [0.1, 0.15) is 33.3 Å². The first-order chi connectivity index (χ1) is 13.8. The summed E-state index contributed by atoms with van der Waals surface area (Å²) >= 11 is 6.32. The Bertz CT molecular complexity index is 1050. The summed E-state index contributed by atoms with van der Waals surface area (Å²) in [6, 6.07) is 12.0. The molecule has 0 saturated heterocycles. The maximum atomic E-state index is 13.1. The molecule has 6 nitrogen and oxygen atoms in total. The highest BCUT2D eigenvalue weighted by Crippen LogP contribution is 2.25. The largest absolute Gasteiger partial charge is 0.497 e. The summed E-state index contributed by atoms with van der Waals surface area (Å²) in [4.78, 5) is 25.2. The molecule has 1 heterocycles. The number of Topliss-reactive ketones (excluding diaryl/α,β-unsaturated/α-hetero) is 1. The molecule has 0 aliphatic carbocycles. The zero-order chi connectivity index (χ0) is 21.1. The van der Waals surface area contributed by atoms with Crippen molar-refractivity contribution in [1.82, 2.24) is 9.78 Å². The molecule has 150 valence electrons. The van der Waals surface area contributed by atoms with Crippen molar-refractivity contribution < 1.29 is 23.5 Å². The van der Waals surface area contributed by atoms with E-state index >= 15 is 0 Å². The molecule has 2 aromatic carbocycles. The minimum absolute atomic E-state index is 0.0169. The van der Waals surface area contributed by atoms with Crippen molar-refractivity contribution in [2.24, 2.45) is 0 Å². The molecule has 1 aromatic heterocycles. The van der Waals surface area contributed by atoms with Crippen LogP contribution in [-0.4, -0.2) is 34.7 Å². The molecule has 8 heteroatoms. The van der Waals surface area contributed by atoms with Gasteiger partial charge in [-0.2, -0.15) is 5.10 Å². The van der Waals surface area contributed by atoms with Gasteiger partial charge < -0.3 is 9.47 Å². The second-order valence-electron chi connectivity index (χ2n) is 6.28. The fraction of sp³-hybridized carbons (Fsp3) is 0.190. The van der Waals surface area contributed by atoms with E-state index in [-0.39, 0.29) is 16.5 Å². The zero-order valence-corrected chi connectivity index (χ0v) is 16.7. The van der Waals surface area contributed by atoms with Gasteiger partial charge in [0.2, 0.25) is 5.78 Å². The normalized spacial score (nSPS) is 11.8. The first-order valence-electron chi connectivity index (χ1n) is 8.72. The van der Waals surface area contributed by atoms with Gasteiger partial charge in [-0.1, -0.05) is 11.6 Å². The quantitative estimate of drug-likeness (QED) is 0.439. The van der Waals surface area contributed by atoms with Gasteiger partial charge in [0.05, 0.1) is 18.5 Å². The second kappa shape index (κ2) is 8.45. The van der Waals surface area contributed by atoms with E-state index in [1.807, 2.05) is 0 Å². The van der Waals surface area contributed by atoms with Crippen LogP contribution in [0.4, 0.5) is 4.39 Å². The van der Waals surface area contributed by atoms with Crippen LogP contribution in [0.5, 0.6) is 5.75 Å². The monoisotopic (exact) mass is 416 g/mol. The van der Waals surface area contributed by atoms with Gasteiger partial charge >= 0.3 is 5.97 Å². The van der Waals surface area contributed by atoms with Crippen LogP contribution < -0.4 is 4.74 Å². The molecule has 0 saturated carbocycles. The molecule has 1 unspecified atom stereocenters. The molecule has 0 radical (unpaired) electrons. The van der Waals surface area contributed by atoms with Crippen molar-refractivity contribution in [3.8, 4) is 11.4 Å². The maximum Gasteiger partial charge on any atom is 0.343 e. The average Bonchev–Trinajstić information content (AvgIpc) is 3.02. The van der Waals surface area contributed by atoms with Gasteiger partial charge in [-0.15, -0.1) is 0 Å². The number of halogens is 2. The van der Waals surface area contributed by atoms with Crippen molar-refractivity contribution in [2.45, 2.75) is 20.0 Å². The molecule has 3 aromatic rings. The van der Waals surface area contributed by atoms with E-state index in [2.05, 4.69) is 5.10 Å². The number of hydrogen-bond acceptors (Lipinski definition) is 5. The summed E-state index contributed by atoms with van der Waals surface area (Å²) in [5.41, 5.74) is 1.25. The lowest BCUT2D eigenvalue weighted by Gasteiger charge is -2.12. The van der Waals surface area contributed by atoms with Crippen molar-refractivity contribution in [3.63, 3.8) is 0 Å². The Balaban J connectivity index is 1.79. The summed E-state index contributed by atoms with van der Waals surface area (Å²) in [7, 11) is 1.53. The molecule has 0 aliphatic rings. The predicted octanol–water partition coefficient (Wildman–Crippen LogP) is 4.41. The standard InChI is InChI=1S/C21H18ClFN2O4/c1-12-18(20(22)25(24-12)16-8-6-15(23)7-9-16)21(27)29-13(2)19(26)14-4-10-17(28-3)11-5-14/h4-11,13H,1-3H3. The highest BCUT2D eigenvalue weighted by molar-refractivity contribution is 6.33. The fourth-order valence-corrected chi connectivity index (χ4v) is 3.10. The lowest BCUT2D eigenvalue weighted by Crippen LogP contribution is -2.24. The average molecular weight is 417 g/mol. The van der Waals surface area contributed by atoms with Crippen LogP contribution in [0.25, 0.3) is 5.69 Å². The Labute approximate surface area is 171 Å². The molecule has 0 aliphatic heterocycles. The Hall–Kier alpha value is -3.19. The number of ether oxygens (including phenoxy) is 2. The Kier molecular flexibility index (Phi) is 5.98. The third-order valence-electron chi connectivity index (χ3n) is 4.31. The van der Waals surface area contributed by atoms with Crippen molar-refractivity contribution in [3.05, 3.63) is 76.3 Å². The smallest absolute Gasteiger partial charge is 0.343 e. The second-order valence-corrected chi connectivity index (χ2v) is 6.64. The molecule has 1 atom stereocenters. The van der Waals surface area contributed by atoms with E-state index in [9.17, 15) is 14.0 Å². The van der Waals surface area contributed by atoms with Gasteiger partial charge in [-0.25, -0.2) is 13.9 Å². The lowest BCUT2D eigenvalue weighted by atomic mass is 10.1. The number of carbonyl (C=O) groups is 2. The van der Waals surface area contributed by atoms with E-state index in [4.69, 9.17) is 21.1 Å². The van der Waals surface area contributed by atoms with E-state index in [1.54, 1.807) is 31.2 Å². The van der Waals surface area contributed by atoms with Crippen LogP contribution in [0.2, 0.25) is 5.15 Å². The van der Waals surface area contributed by atoms with Crippen molar-refractivity contribution in [1.29, 1.82) is 0 Å². The fourth-order valence-electron chi connectivity index (χ4n) is 2.75. The highest BCUT2D eigenvalue weighted by atomic mass is 35.5. The molecule has 0 bridgehead atoms. The molecule has 0 amide bonds. The first-order valence-corrected chi connectivity index (χ1v) is 9.10. The van der Waals surface area contributed by atoms with Crippen LogP contribution in [-0.2, 0) is 4.74 Å². The Morgan fingerprint density at radius 2 is 1.72 bits per heavy atom. The first kappa shape index (κ1) is 20.5. The molecule has 0 fully saturated rings. The Morgan fingerprint density at radius 1 is 1.10 bits per heavy atom. The minimum Gasteiger partial charge on any atom is -0.497 e. The zero-order valence-electron chi connectivity index (χ0n) is 16.0. The van der Waals surface area contributed by atoms with Crippen LogP contribution >= 0.6 is 11.6 Å². The SMILES string of the molecule is COc1ccc(C(=O)C(C)OC(=O)c2c(C)nn(-c3ccc(F)cc3)c2Cl)cc1. The topological polar surface area (TPSA) is 70.4 Å². The lowest BCUT2D eigenvalue weighted by molar-refractivity contribution is 0.0318. The molecule has 0 N–H and O–H groups in total. The van der Waals surface area contributed by atoms with Crippen molar-refractivity contribution >= 4 is 23.4 Å². The third kappa shape index (κ3) is 4.30. The third-order valence-corrected chi connectivity index (χ3v) is 4.66. The van der Waals surface area contributed by atoms with E-state index in [0.29, 0.717) is 22.7 Å². The molecular weight excluding hydrogens is 399 g/mol. The summed E-state index contributed by atoms with van der Waals surface area (Å²) in [6.07, 6.45) is -1.03. The molecule has 3 rings (SSSR count). The number of esters is 1. The molecule has 0 spiro atoms. The molecular formula is C21H18ClFN2O4. The number of aromatic nitrogens is 2. The summed E-state index contributed by atoms with van der Waals surface area (Å²) < 4.78 is 24.8. The van der Waals surface area contributed by atoms with Gasteiger partial charge in [0, 0.05) is 5.56 Å². The van der Waals surface area contributed by atoms with E-state index in [1.165, 1.54) is 43.0 Å². The summed E-state index contributed by atoms with van der Waals surface area (Å²) in [5.74, 6) is -0.919. The summed E-state index contributed by atoms with van der Waals surface area (Å²) in [6.45, 7) is 3.08. The molecule has 29 heavy (non-hydrogen) atoms. The van der Waals surface area contributed by atoms with E-state index in [0.717, 1.165) is 0 Å². The number of carbonyl (C=O) groups excluding carboxylic acids is 2. The Morgan fingerprint density at radius 3 is 2.31 bits per heavy atom. The van der Waals surface area contributed by atoms with Crippen LogP contribution in [0.15, 0.2) is 48.5 Å². The van der Waals surface area contributed by atoms with Gasteiger partial charge in [0.1, 0.15) is 22.3 Å². The minimum atomic E-state index is -1.03. The number of hydrogen-bond donors (Lipinski definition) is 0. The summed E-state index contributed by atoms with van der Waals surface area (Å²) in [5, 5.41) is 4.24. The van der Waals surface area contributed by atoms with Gasteiger partial charge in [0.25, 0.3) is 0 Å². The number of aryl methyl sites for hydroxylation is 1. The van der Waals surface area contributed by atoms with E-state index < -0.39 is 17.9 Å². The van der Waals surface area contributed by atoms with Gasteiger partial charge in [-0.3, -0.25) is 4.79 Å². The number of nitrogens with zero attached hydrogens (tertiary/aromatic N) is 2. The predicted molar refractivity (Wildman–Crippen MR) is 105 cm³/mol. The number of ketones is 1. The van der Waals surface area contributed by atoms with Crippen LogP contribution in [0, 0.1) is 12.7 Å². The maximum absolute atomic E-state index is 13.1. The number of benzene rings is 2. The van der Waals surface area contributed by atoms with Crippen LogP contribution in [0.3, 0.4) is 0 Å². The van der Waals surface area contributed by atoms with Crippen molar-refractivity contribution in [2.75, 3.05) is 7.11 Å². The van der Waals surface area contributed by atoms with Gasteiger partial charge in [0.15, 0.2) is 6.10 Å².